The van der Waals surface area contributed by atoms with Gasteiger partial charge in [0.2, 0.25) is 17.8 Å². The Morgan fingerprint density at radius 3 is 1.36 bits per heavy atom. The first kappa shape index (κ1) is 21.1. The summed E-state index contributed by atoms with van der Waals surface area (Å²) in [7, 11) is 0. The molecule has 0 aliphatic carbocycles. The van der Waals surface area contributed by atoms with Crippen LogP contribution in [0.5, 0.6) is 0 Å². The molecule has 3 aromatic carbocycles. The van der Waals surface area contributed by atoms with Gasteiger partial charge in [0.1, 0.15) is 0 Å². The zero-order valence-electron chi connectivity index (χ0n) is 16.9. The largest absolute Gasteiger partial charge is 0.324 e. The third-order valence-corrected chi connectivity index (χ3v) is 4.29. The van der Waals surface area contributed by atoms with Crippen LogP contribution in [0.4, 0.5) is 46.3 Å². The van der Waals surface area contributed by atoms with Gasteiger partial charge < -0.3 is 16.0 Å². The summed E-state index contributed by atoms with van der Waals surface area (Å²) in [6.45, 7) is 0. The lowest BCUT2D eigenvalue weighted by molar-refractivity contribution is -0.385. The third-order valence-electron chi connectivity index (χ3n) is 4.29. The summed E-state index contributed by atoms with van der Waals surface area (Å²) in [6.07, 6.45) is 0. The summed E-state index contributed by atoms with van der Waals surface area (Å²) in [6, 6.07) is 21.0. The molecule has 0 atom stereocenters. The van der Waals surface area contributed by atoms with E-state index in [0.29, 0.717) is 11.4 Å². The minimum absolute atomic E-state index is 0.0911. The van der Waals surface area contributed by atoms with E-state index in [-0.39, 0.29) is 29.2 Å². The second-order valence-electron chi connectivity index (χ2n) is 6.66. The van der Waals surface area contributed by atoms with Gasteiger partial charge in [-0.2, -0.15) is 15.0 Å². The maximum atomic E-state index is 11.1. The van der Waals surface area contributed by atoms with Crippen LogP contribution in [0.25, 0.3) is 0 Å². The number of aromatic nitrogens is 3. The lowest BCUT2D eigenvalue weighted by atomic mass is 10.3. The van der Waals surface area contributed by atoms with Gasteiger partial charge in [0, 0.05) is 41.3 Å². The van der Waals surface area contributed by atoms with Crippen LogP contribution in [0.15, 0.2) is 78.9 Å². The van der Waals surface area contributed by atoms with Crippen molar-refractivity contribution in [3.63, 3.8) is 0 Å². The first-order valence-electron chi connectivity index (χ1n) is 9.57. The molecule has 1 aromatic heterocycles. The molecule has 0 saturated carbocycles. The molecule has 12 heteroatoms. The van der Waals surface area contributed by atoms with Crippen LogP contribution in [0.2, 0.25) is 0 Å². The molecule has 0 fully saturated rings. The lowest BCUT2D eigenvalue weighted by Crippen LogP contribution is -2.07. The number of anilines is 6. The fourth-order valence-corrected chi connectivity index (χ4v) is 2.85. The molecule has 4 rings (SSSR count). The molecule has 0 spiro atoms. The first-order chi connectivity index (χ1) is 16.0. The van der Waals surface area contributed by atoms with Crippen molar-refractivity contribution < 1.29 is 9.85 Å². The number of nitro benzene ring substituents is 2. The first-order valence-corrected chi connectivity index (χ1v) is 9.57. The third kappa shape index (κ3) is 5.52. The molecular formula is C21H16N8O4. The second-order valence-corrected chi connectivity index (χ2v) is 6.66. The van der Waals surface area contributed by atoms with Crippen LogP contribution in [0.3, 0.4) is 0 Å². The van der Waals surface area contributed by atoms with Crippen molar-refractivity contribution in [2.24, 2.45) is 0 Å². The van der Waals surface area contributed by atoms with Crippen LogP contribution < -0.4 is 16.0 Å². The van der Waals surface area contributed by atoms with Crippen LogP contribution in [-0.2, 0) is 0 Å². The van der Waals surface area contributed by atoms with E-state index >= 15 is 0 Å². The van der Waals surface area contributed by atoms with Gasteiger partial charge in [0.15, 0.2) is 0 Å². The Morgan fingerprint density at radius 2 is 0.939 bits per heavy atom. The number of rotatable bonds is 8. The Morgan fingerprint density at radius 1 is 0.545 bits per heavy atom. The molecule has 0 amide bonds. The summed E-state index contributed by atoms with van der Waals surface area (Å²) in [5, 5.41) is 31.0. The van der Waals surface area contributed by atoms with Crippen molar-refractivity contribution in [3.05, 3.63) is 99.1 Å². The van der Waals surface area contributed by atoms with E-state index in [9.17, 15) is 20.2 Å². The predicted octanol–water partition coefficient (Wildman–Crippen LogP) is 4.92. The van der Waals surface area contributed by atoms with Gasteiger partial charge in [-0.25, -0.2) is 0 Å². The minimum Gasteiger partial charge on any atom is -0.324 e. The van der Waals surface area contributed by atoms with Crippen LogP contribution >= 0.6 is 0 Å². The van der Waals surface area contributed by atoms with Crippen molar-refractivity contribution in [2.75, 3.05) is 16.0 Å². The van der Waals surface area contributed by atoms with E-state index in [1.807, 2.05) is 30.3 Å². The molecule has 12 nitrogen and oxygen atoms in total. The molecule has 0 aliphatic heterocycles. The number of hydrogen-bond donors (Lipinski definition) is 3. The molecule has 33 heavy (non-hydrogen) atoms. The number of non-ortho nitro benzene ring substituents is 2. The number of nitro groups is 2. The van der Waals surface area contributed by atoms with Gasteiger partial charge in [-0.3, -0.25) is 20.2 Å². The summed E-state index contributed by atoms with van der Waals surface area (Å²) in [5.41, 5.74) is 1.36. The van der Waals surface area contributed by atoms with Crippen molar-refractivity contribution in [3.8, 4) is 0 Å². The van der Waals surface area contributed by atoms with E-state index in [0.717, 1.165) is 5.69 Å². The molecule has 164 valence electrons. The molecular weight excluding hydrogens is 428 g/mol. The molecule has 0 radical (unpaired) electrons. The quantitative estimate of drug-likeness (QED) is 0.251. The number of nitrogens with zero attached hydrogens (tertiary/aromatic N) is 5. The Hall–Kier alpha value is -5.13. The molecule has 3 N–H and O–H groups in total. The van der Waals surface area contributed by atoms with Gasteiger partial charge in [-0.15, -0.1) is 0 Å². The SMILES string of the molecule is O=[N+]([O-])c1cccc(Nc2nc(Nc3ccccc3)nc(Nc3cccc([N+](=O)[O-])c3)n2)c1. The zero-order valence-corrected chi connectivity index (χ0v) is 16.9. The van der Waals surface area contributed by atoms with Gasteiger partial charge in [-0.1, -0.05) is 30.3 Å². The van der Waals surface area contributed by atoms with Crippen molar-refractivity contribution in [1.29, 1.82) is 0 Å². The monoisotopic (exact) mass is 444 g/mol. The fraction of sp³-hybridized carbons (Fsp3) is 0. The average Bonchev–Trinajstić information content (AvgIpc) is 2.80. The van der Waals surface area contributed by atoms with Crippen molar-refractivity contribution in [2.45, 2.75) is 0 Å². The Balaban J connectivity index is 1.67. The Kier molecular flexibility index (Phi) is 5.98. The minimum atomic E-state index is -0.504. The standard InChI is InChI=1S/C21H16N8O4/c30-28(31)17-10-4-8-15(12-17)23-20-25-19(22-14-6-2-1-3-7-14)26-21(27-20)24-16-9-5-11-18(13-16)29(32)33/h1-13H,(H3,22,23,24,25,26,27). The predicted molar refractivity (Wildman–Crippen MR) is 122 cm³/mol. The molecule has 0 saturated heterocycles. The lowest BCUT2D eigenvalue weighted by Gasteiger charge is -2.11. The van der Waals surface area contributed by atoms with Gasteiger partial charge in [0.05, 0.1) is 9.85 Å². The summed E-state index contributed by atoms with van der Waals surface area (Å²) >= 11 is 0. The second kappa shape index (κ2) is 9.34. The number of benzene rings is 3. The van der Waals surface area contributed by atoms with E-state index in [2.05, 4.69) is 30.9 Å². The van der Waals surface area contributed by atoms with Gasteiger partial charge in [0.25, 0.3) is 11.4 Å². The van der Waals surface area contributed by atoms with Crippen LogP contribution in [0.1, 0.15) is 0 Å². The average molecular weight is 444 g/mol. The van der Waals surface area contributed by atoms with E-state index < -0.39 is 9.85 Å². The molecule has 4 aromatic rings. The smallest absolute Gasteiger partial charge is 0.271 e. The van der Waals surface area contributed by atoms with E-state index in [1.165, 1.54) is 36.4 Å². The highest BCUT2D eigenvalue weighted by atomic mass is 16.6. The normalized spacial score (nSPS) is 10.3. The number of nitrogens with one attached hydrogen (secondary N) is 3. The summed E-state index contributed by atoms with van der Waals surface area (Å²) < 4.78 is 0. The highest BCUT2D eigenvalue weighted by molar-refractivity contribution is 5.64. The van der Waals surface area contributed by atoms with Crippen LogP contribution in [-0.4, -0.2) is 24.8 Å². The maximum absolute atomic E-state index is 11.1. The molecule has 1 heterocycles. The fourth-order valence-electron chi connectivity index (χ4n) is 2.85. The highest BCUT2D eigenvalue weighted by Crippen LogP contribution is 2.24. The molecule has 0 unspecified atom stereocenters. The summed E-state index contributed by atoms with van der Waals surface area (Å²) in [5.74, 6) is 0.408. The Labute approximate surface area is 186 Å². The van der Waals surface area contributed by atoms with Crippen molar-refractivity contribution in [1.82, 2.24) is 15.0 Å². The number of para-hydroxylation sites is 1. The van der Waals surface area contributed by atoms with Crippen LogP contribution in [0, 0.1) is 20.2 Å². The van der Waals surface area contributed by atoms with E-state index in [1.54, 1.807) is 12.1 Å². The van der Waals surface area contributed by atoms with Crippen molar-refractivity contribution >= 4 is 46.3 Å². The zero-order chi connectivity index (χ0) is 23.2. The molecule has 0 bridgehead atoms. The Bertz CT molecular complexity index is 1240. The molecule has 0 aliphatic rings. The number of hydrogen-bond acceptors (Lipinski definition) is 10. The highest BCUT2D eigenvalue weighted by Gasteiger charge is 2.12. The van der Waals surface area contributed by atoms with Gasteiger partial charge in [-0.05, 0) is 24.3 Å². The van der Waals surface area contributed by atoms with E-state index in [4.69, 9.17) is 0 Å². The summed E-state index contributed by atoms with van der Waals surface area (Å²) in [4.78, 5) is 34.1. The van der Waals surface area contributed by atoms with Gasteiger partial charge >= 0.3 is 0 Å². The maximum Gasteiger partial charge on any atom is 0.271 e. The topological polar surface area (TPSA) is 161 Å².